The van der Waals surface area contributed by atoms with Crippen LogP contribution >= 0.6 is 22.7 Å². The average Bonchev–Trinajstić information content (AvgIpc) is 3.23. The Morgan fingerprint density at radius 3 is 2.69 bits per heavy atom. The SMILES string of the molecule is CCOC(=O)c1c(NC(=O)c2cn3c(C)csc3n2)sc(C(N)=O)c1C. The lowest BCUT2D eigenvalue weighted by Gasteiger charge is -2.06. The van der Waals surface area contributed by atoms with Crippen molar-refractivity contribution in [2.75, 3.05) is 11.9 Å². The van der Waals surface area contributed by atoms with E-state index >= 15 is 0 Å². The number of rotatable bonds is 5. The number of thiazole rings is 1. The van der Waals surface area contributed by atoms with Crippen LogP contribution in [-0.2, 0) is 4.74 Å². The molecular weight excluding hydrogens is 376 g/mol. The molecule has 0 saturated heterocycles. The lowest BCUT2D eigenvalue weighted by molar-refractivity contribution is 0.0527. The third-order valence-corrected chi connectivity index (χ3v) is 5.88. The van der Waals surface area contributed by atoms with Crippen LogP contribution in [0.2, 0.25) is 0 Å². The van der Waals surface area contributed by atoms with E-state index in [2.05, 4.69) is 10.3 Å². The van der Waals surface area contributed by atoms with Gasteiger partial charge in [0.25, 0.3) is 11.8 Å². The van der Waals surface area contributed by atoms with E-state index in [9.17, 15) is 14.4 Å². The van der Waals surface area contributed by atoms with Gasteiger partial charge in [-0.3, -0.25) is 14.0 Å². The van der Waals surface area contributed by atoms with Gasteiger partial charge in [-0.1, -0.05) is 0 Å². The second kappa shape index (κ2) is 6.89. The van der Waals surface area contributed by atoms with Crippen molar-refractivity contribution in [1.29, 1.82) is 0 Å². The molecule has 3 rings (SSSR count). The number of esters is 1. The molecule has 0 aliphatic rings. The van der Waals surface area contributed by atoms with E-state index in [0.29, 0.717) is 10.5 Å². The second-order valence-electron chi connectivity index (χ2n) is 5.45. The van der Waals surface area contributed by atoms with Crippen LogP contribution < -0.4 is 11.1 Å². The van der Waals surface area contributed by atoms with Crippen molar-refractivity contribution < 1.29 is 19.1 Å². The number of nitrogens with zero attached hydrogens (tertiary/aromatic N) is 2. The maximum Gasteiger partial charge on any atom is 0.341 e. The van der Waals surface area contributed by atoms with Crippen molar-refractivity contribution in [2.24, 2.45) is 5.73 Å². The van der Waals surface area contributed by atoms with Gasteiger partial charge >= 0.3 is 5.97 Å². The topological polar surface area (TPSA) is 116 Å². The van der Waals surface area contributed by atoms with Crippen LogP contribution in [0.15, 0.2) is 11.6 Å². The summed E-state index contributed by atoms with van der Waals surface area (Å²) >= 11 is 2.37. The molecule has 0 bridgehead atoms. The third kappa shape index (κ3) is 3.08. The number of carbonyl (C=O) groups is 3. The van der Waals surface area contributed by atoms with E-state index in [-0.39, 0.29) is 27.7 Å². The van der Waals surface area contributed by atoms with Crippen molar-refractivity contribution in [3.8, 4) is 0 Å². The number of imidazole rings is 1. The number of amides is 2. The minimum Gasteiger partial charge on any atom is -0.462 e. The van der Waals surface area contributed by atoms with E-state index in [1.165, 1.54) is 11.3 Å². The molecule has 2 amide bonds. The summed E-state index contributed by atoms with van der Waals surface area (Å²) < 4.78 is 6.83. The Labute approximate surface area is 156 Å². The minimum absolute atomic E-state index is 0.135. The average molecular weight is 392 g/mol. The summed E-state index contributed by atoms with van der Waals surface area (Å²) in [6.45, 7) is 5.35. The lowest BCUT2D eigenvalue weighted by Crippen LogP contribution is -2.15. The van der Waals surface area contributed by atoms with Gasteiger partial charge in [0.15, 0.2) is 4.96 Å². The number of aryl methyl sites for hydroxylation is 1. The van der Waals surface area contributed by atoms with Crippen LogP contribution in [-0.4, -0.2) is 33.8 Å². The molecule has 0 saturated carbocycles. The fourth-order valence-corrected chi connectivity index (χ4v) is 4.35. The number of nitrogens with one attached hydrogen (secondary N) is 1. The number of anilines is 1. The lowest BCUT2D eigenvalue weighted by atomic mass is 10.1. The minimum atomic E-state index is -0.670. The number of carbonyl (C=O) groups excluding carboxylic acids is 3. The molecule has 26 heavy (non-hydrogen) atoms. The van der Waals surface area contributed by atoms with Crippen molar-refractivity contribution >= 4 is 50.4 Å². The van der Waals surface area contributed by atoms with Crippen molar-refractivity contribution in [2.45, 2.75) is 20.8 Å². The largest absolute Gasteiger partial charge is 0.462 e. The van der Waals surface area contributed by atoms with Gasteiger partial charge in [-0.05, 0) is 26.3 Å². The molecule has 0 aliphatic heterocycles. The molecule has 10 heteroatoms. The number of hydrogen-bond acceptors (Lipinski definition) is 7. The predicted molar refractivity (Wildman–Crippen MR) is 99.3 cm³/mol. The first kappa shape index (κ1) is 18.1. The van der Waals surface area contributed by atoms with Crippen LogP contribution in [0.3, 0.4) is 0 Å². The summed E-state index contributed by atoms with van der Waals surface area (Å²) in [6, 6.07) is 0. The Morgan fingerprint density at radius 1 is 1.35 bits per heavy atom. The predicted octanol–water partition coefficient (Wildman–Crippen LogP) is 2.60. The summed E-state index contributed by atoms with van der Waals surface area (Å²) in [6.07, 6.45) is 1.62. The molecule has 3 aromatic heterocycles. The summed E-state index contributed by atoms with van der Waals surface area (Å²) in [5, 5.41) is 4.80. The number of fused-ring (bicyclic) bond motifs is 1. The molecule has 136 valence electrons. The van der Waals surface area contributed by atoms with Gasteiger partial charge in [0, 0.05) is 17.3 Å². The van der Waals surface area contributed by atoms with E-state index < -0.39 is 17.8 Å². The number of nitrogens with two attached hydrogens (primary N) is 1. The first-order valence-corrected chi connectivity index (χ1v) is 9.38. The van der Waals surface area contributed by atoms with Crippen molar-refractivity contribution in [3.05, 3.63) is 39.0 Å². The Balaban J connectivity index is 1.97. The molecule has 3 heterocycles. The maximum atomic E-state index is 12.6. The number of ether oxygens (including phenoxy) is 1. The molecule has 0 spiro atoms. The smallest absolute Gasteiger partial charge is 0.341 e. The Bertz CT molecular complexity index is 1030. The number of primary amides is 1. The molecule has 3 N–H and O–H groups in total. The van der Waals surface area contributed by atoms with Crippen LogP contribution in [0.4, 0.5) is 5.00 Å². The Morgan fingerprint density at radius 2 is 2.08 bits per heavy atom. The molecule has 8 nitrogen and oxygen atoms in total. The van der Waals surface area contributed by atoms with E-state index in [0.717, 1.165) is 17.0 Å². The number of hydrogen-bond donors (Lipinski definition) is 2. The van der Waals surface area contributed by atoms with Gasteiger partial charge in [-0.2, -0.15) is 0 Å². The van der Waals surface area contributed by atoms with Crippen molar-refractivity contribution in [3.63, 3.8) is 0 Å². The summed E-state index contributed by atoms with van der Waals surface area (Å²) in [5.41, 5.74) is 7.06. The highest BCUT2D eigenvalue weighted by molar-refractivity contribution is 7.18. The summed E-state index contributed by atoms with van der Waals surface area (Å²) in [5.74, 6) is -1.77. The molecular formula is C16H16N4O4S2. The normalized spacial score (nSPS) is 10.9. The van der Waals surface area contributed by atoms with E-state index in [1.54, 1.807) is 24.4 Å². The standard InChI is InChI=1S/C16H16N4O4S2/c1-4-24-15(23)10-8(3)11(12(17)21)26-14(10)19-13(22)9-5-20-7(2)6-25-16(20)18-9/h5-6H,4H2,1-3H3,(H2,17,21)(H,19,22). The van der Waals surface area contributed by atoms with Crippen LogP contribution in [0.1, 0.15) is 48.7 Å². The monoisotopic (exact) mass is 392 g/mol. The first-order chi connectivity index (χ1) is 12.3. The van der Waals surface area contributed by atoms with Gasteiger partial charge < -0.3 is 15.8 Å². The quantitative estimate of drug-likeness (QED) is 0.648. The summed E-state index contributed by atoms with van der Waals surface area (Å²) in [4.78, 5) is 41.6. The van der Waals surface area contributed by atoms with Crippen LogP contribution in [0.5, 0.6) is 0 Å². The summed E-state index contributed by atoms with van der Waals surface area (Å²) in [7, 11) is 0. The van der Waals surface area contributed by atoms with E-state index in [4.69, 9.17) is 10.5 Å². The van der Waals surface area contributed by atoms with E-state index in [1.807, 2.05) is 12.3 Å². The maximum absolute atomic E-state index is 12.6. The third-order valence-electron chi connectivity index (χ3n) is 3.70. The van der Waals surface area contributed by atoms with Crippen LogP contribution in [0.25, 0.3) is 4.96 Å². The second-order valence-corrected chi connectivity index (χ2v) is 7.31. The highest BCUT2D eigenvalue weighted by Crippen LogP contribution is 2.34. The van der Waals surface area contributed by atoms with Gasteiger partial charge in [-0.15, -0.1) is 22.7 Å². The van der Waals surface area contributed by atoms with Crippen molar-refractivity contribution in [1.82, 2.24) is 9.38 Å². The molecule has 0 fully saturated rings. The Hall–Kier alpha value is -2.72. The Kier molecular flexibility index (Phi) is 4.79. The van der Waals surface area contributed by atoms with Gasteiger partial charge in [0.2, 0.25) is 0 Å². The molecule has 0 unspecified atom stereocenters. The van der Waals surface area contributed by atoms with Gasteiger partial charge in [-0.25, -0.2) is 9.78 Å². The van der Waals surface area contributed by atoms with Crippen LogP contribution in [0, 0.1) is 13.8 Å². The first-order valence-electron chi connectivity index (χ1n) is 7.68. The molecule has 0 atom stereocenters. The molecule has 0 aliphatic carbocycles. The molecule has 3 aromatic rings. The fraction of sp³-hybridized carbons (Fsp3) is 0.250. The highest BCUT2D eigenvalue weighted by atomic mass is 32.1. The molecule has 0 aromatic carbocycles. The fourth-order valence-electron chi connectivity index (χ4n) is 2.46. The number of thiophene rings is 1. The van der Waals surface area contributed by atoms with Gasteiger partial charge in [0.1, 0.15) is 10.7 Å². The zero-order valence-corrected chi connectivity index (χ0v) is 15.9. The molecule has 0 radical (unpaired) electrons. The zero-order valence-electron chi connectivity index (χ0n) is 14.3. The van der Waals surface area contributed by atoms with Gasteiger partial charge in [0.05, 0.1) is 17.0 Å². The zero-order chi connectivity index (χ0) is 19.0. The highest BCUT2D eigenvalue weighted by Gasteiger charge is 2.26. The number of aromatic nitrogens is 2.